The normalized spacial score (nSPS) is 12.6. The molecule has 3 N–H and O–H groups in total. The lowest BCUT2D eigenvalue weighted by atomic mass is 10.0. The van der Waals surface area contributed by atoms with E-state index in [1.807, 2.05) is 0 Å². The molecule has 2 rings (SSSR count). The predicted molar refractivity (Wildman–Crippen MR) is 73.9 cm³/mol. The molecule has 90 valence electrons. The molecule has 1 aromatic heterocycles. The fourth-order valence-electron chi connectivity index (χ4n) is 1.98. The molecule has 17 heavy (non-hydrogen) atoms. The molecular weight excluding hydrogens is 228 g/mol. The molecular formula is C14H18N2S. The summed E-state index contributed by atoms with van der Waals surface area (Å²) in [4.78, 5) is 1.31. The zero-order valence-corrected chi connectivity index (χ0v) is 10.8. The minimum absolute atomic E-state index is 0.260. The molecule has 1 atom stereocenters. The van der Waals surface area contributed by atoms with Crippen LogP contribution in [0.15, 0.2) is 41.8 Å². The molecule has 0 aliphatic carbocycles. The van der Waals surface area contributed by atoms with Gasteiger partial charge in [0.15, 0.2) is 0 Å². The number of hydrogen-bond acceptors (Lipinski definition) is 3. The Morgan fingerprint density at radius 3 is 2.82 bits per heavy atom. The Morgan fingerprint density at radius 2 is 2.18 bits per heavy atom. The molecule has 1 heterocycles. The largest absolute Gasteiger partial charge is 0.271 e. The molecule has 1 unspecified atom stereocenters. The van der Waals surface area contributed by atoms with Crippen molar-refractivity contribution in [1.29, 1.82) is 0 Å². The number of benzene rings is 1. The molecule has 0 aliphatic rings. The summed E-state index contributed by atoms with van der Waals surface area (Å²) in [6, 6.07) is 13.1. The Bertz CT molecular complexity index is 451. The second-order valence-electron chi connectivity index (χ2n) is 4.26. The van der Waals surface area contributed by atoms with E-state index in [1.165, 1.54) is 16.0 Å². The van der Waals surface area contributed by atoms with Gasteiger partial charge in [0, 0.05) is 4.88 Å². The average molecular weight is 246 g/mol. The summed E-state index contributed by atoms with van der Waals surface area (Å²) in [5.74, 6) is 5.61. The molecule has 2 aromatic rings. The molecule has 0 fully saturated rings. The third-order valence-electron chi connectivity index (χ3n) is 2.89. The molecule has 0 amide bonds. The first kappa shape index (κ1) is 12.3. The van der Waals surface area contributed by atoms with Gasteiger partial charge in [0.1, 0.15) is 0 Å². The molecule has 0 saturated heterocycles. The topological polar surface area (TPSA) is 38.0 Å². The van der Waals surface area contributed by atoms with Crippen molar-refractivity contribution in [1.82, 2.24) is 5.43 Å². The van der Waals surface area contributed by atoms with Crippen LogP contribution in [0.3, 0.4) is 0 Å². The molecule has 0 bridgehead atoms. The van der Waals surface area contributed by atoms with E-state index in [0.29, 0.717) is 0 Å². The van der Waals surface area contributed by atoms with Crippen molar-refractivity contribution in [2.75, 3.05) is 0 Å². The van der Waals surface area contributed by atoms with E-state index < -0.39 is 0 Å². The van der Waals surface area contributed by atoms with Crippen LogP contribution in [0.5, 0.6) is 0 Å². The number of nitrogens with one attached hydrogen (secondary N) is 1. The Kier molecular flexibility index (Phi) is 4.31. The predicted octanol–water partition coefficient (Wildman–Crippen LogP) is 3.19. The SMILES string of the molecule is Cc1cccc(CCC(NN)c2cccs2)c1. The van der Waals surface area contributed by atoms with Crippen molar-refractivity contribution in [3.63, 3.8) is 0 Å². The van der Waals surface area contributed by atoms with Gasteiger partial charge in [-0.15, -0.1) is 11.3 Å². The van der Waals surface area contributed by atoms with Crippen molar-refractivity contribution in [3.05, 3.63) is 57.8 Å². The van der Waals surface area contributed by atoms with E-state index in [-0.39, 0.29) is 6.04 Å². The second-order valence-corrected chi connectivity index (χ2v) is 5.24. The molecule has 0 radical (unpaired) electrons. The van der Waals surface area contributed by atoms with E-state index in [2.05, 4.69) is 54.1 Å². The number of nitrogens with two attached hydrogens (primary N) is 1. The van der Waals surface area contributed by atoms with Crippen molar-refractivity contribution in [3.8, 4) is 0 Å². The zero-order valence-electron chi connectivity index (χ0n) is 10.0. The fourth-order valence-corrected chi connectivity index (χ4v) is 2.80. The molecule has 2 nitrogen and oxygen atoms in total. The molecule has 3 heteroatoms. The van der Waals surface area contributed by atoms with Gasteiger partial charge in [-0.1, -0.05) is 35.9 Å². The van der Waals surface area contributed by atoms with Gasteiger partial charge in [0.05, 0.1) is 6.04 Å². The number of hydrazine groups is 1. The highest BCUT2D eigenvalue weighted by molar-refractivity contribution is 7.10. The Hall–Kier alpha value is -1.16. The smallest absolute Gasteiger partial charge is 0.0556 e. The summed E-state index contributed by atoms with van der Waals surface area (Å²) in [5.41, 5.74) is 5.59. The van der Waals surface area contributed by atoms with Crippen LogP contribution in [-0.4, -0.2) is 0 Å². The first-order valence-corrected chi connectivity index (χ1v) is 6.72. The lowest BCUT2D eigenvalue weighted by Gasteiger charge is -2.14. The van der Waals surface area contributed by atoms with Crippen LogP contribution in [0.25, 0.3) is 0 Å². The maximum absolute atomic E-state index is 5.61. The maximum Gasteiger partial charge on any atom is 0.0556 e. The van der Waals surface area contributed by atoms with Crippen LogP contribution in [0.4, 0.5) is 0 Å². The van der Waals surface area contributed by atoms with Crippen LogP contribution >= 0.6 is 11.3 Å². The van der Waals surface area contributed by atoms with Gasteiger partial charge in [-0.25, -0.2) is 0 Å². The zero-order chi connectivity index (χ0) is 12.1. The van der Waals surface area contributed by atoms with E-state index in [0.717, 1.165) is 12.8 Å². The van der Waals surface area contributed by atoms with Gasteiger partial charge in [0.2, 0.25) is 0 Å². The Morgan fingerprint density at radius 1 is 1.29 bits per heavy atom. The number of rotatable bonds is 5. The van der Waals surface area contributed by atoms with E-state index >= 15 is 0 Å². The van der Waals surface area contributed by atoms with Crippen LogP contribution in [0.2, 0.25) is 0 Å². The Labute approximate surface area is 106 Å². The standard InChI is InChI=1S/C14H18N2S/c1-11-4-2-5-12(10-11)7-8-13(16-15)14-6-3-9-17-14/h2-6,9-10,13,16H,7-8,15H2,1H3. The average Bonchev–Trinajstić information content (AvgIpc) is 2.84. The molecule has 0 saturated carbocycles. The summed E-state index contributed by atoms with van der Waals surface area (Å²) in [7, 11) is 0. The summed E-state index contributed by atoms with van der Waals surface area (Å²) < 4.78 is 0. The first-order chi connectivity index (χ1) is 8.29. The second kappa shape index (κ2) is 5.96. The summed E-state index contributed by atoms with van der Waals surface area (Å²) >= 11 is 1.75. The highest BCUT2D eigenvalue weighted by Gasteiger charge is 2.10. The molecule has 1 aromatic carbocycles. The first-order valence-electron chi connectivity index (χ1n) is 5.84. The highest BCUT2D eigenvalue weighted by Crippen LogP contribution is 2.22. The van der Waals surface area contributed by atoms with Gasteiger partial charge in [-0.05, 0) is 36.8 Å². The summed E-state index contributed by atoms with van der Waals surface area (Å²) in [5, 5.41) is 2.09. The van der Waals surface area contributed by atoms with Gasteiger partial charge in [-0.2, -0.15) is 0 Å². The highest BCUT2D eigenvalue weighted by atomic mass is 32.1. The van der Waals surface area contributed by atoms with Gasteiger partial charge in [0.25, 0.3) is 0 Å². The third kappa shape index (κ3) is 3.40. The number of thiophene rings is 1. The van der Waals surface area contributed by atoms with E-state index in [1.54, 1.807) is 11.3 Å². The quantitative estimate of drug-likeness (QED) is 0.628. The summed E-state index contributed by atoms with van der Waals surface area (Å²) in [6.45, 7) is 2.13. The fraction of sp³-hybridized carbons (Fsp3) is 0.286. The van der Waals surface area contributed by atoms with Crippen molar-refractivity contribution in [2.24, 2.45) is 5.84 Å². The van der Waals surface area contributed by atoms with Crippen LogP contribution in [-0.2, 0) is 6.42 Å². The molecule has 0 aliphatic heterocycles. The van der Waals surface area contributed by atoms with Crippen molar-refractivity contribution in [2.45, 2.75) is 25.8 Å². The lowest BCUT2D eigenvalue weighted by molar-refractivity contribution is 0.524. The minimum Gasteiger partial charge on any atom is -0.271 e. The van der Waals surface area contributed by atoms with Crippen LogP contribution in [0.1, 0.15) is 28.5 Å². The van der Waals surface area contributed by atoms with Crippen LogP contribution < -0.4 is 11.3 Å². The van der Waals surface area contributed by atoms with E-state index in [9.17, 15) is 0 Å². The van der Waals surface area contributed by atoms with Gasteiger partial charge < -0.3 is 0 Å². The van der Waals surface area contributed by atoms with Crippen molar-refractivity contribution >= 4 is 11.3 Å². The molecule has 0 spiro atoms. The van der Waals surface area contributed by atoms with E-state index in [4.69, 9.17) is 5.84 Å². The Balaban J connectivity index is 1.97. The summed E-state index contributed by atoms with van der Waals surface area (Å²) in [6.07, 6.45) is 2.08. The number of aryl methyl sites for hydroxylation is 2. The van der Waals surface area contributed by atoms with Crippen LogP contribution in [0, 0.1) is 6.92 Å². The van der Waals surface area contributed by atoms with Gasteiger partial charge >= 0.3 is 0 Å². The maximum atomic E-state index is 5.61. The van der Waals surface area contributed by atoms with Crippen molar-refractivity contribution < 1.29 is 0 Å². The minimum atomic E-state index is 0.260. The van der Waals surface area contributed by atoms with Gasteiger partial charge in [-0.3, -0.25) is 11.3 Å². The third-order valence-corrected chi connectivity index (χ3v) is 3.88. The lowest BCUT2D eigenvalue weighted by Crippen LogP contribution is -2.27. The monoisotopic (exact) mass is 246 g/mol. The number of hydrogen-bond donors (Lipinski definition) is 2.